The number of halogens is 2. The van der Waals surface area contributed by atoms with Crippen molar-refractivity contribution in [2.75, 3.05) is 13.2 Å². The van der Waals surface area contributed by atoms with Gasteiger partial charge in [0.05, 0.1) is 0 Å². The molecule has 0 aliphatic rings. The van der Waals surface area contributed by atoms with E-state index in [2.05, 4.69) is 35.1 Å². The van der Waals surface area contributed by atoms with E-state index in [1.54, 1.807) is 12.1 Å². The molecule has 1 unspecified atom stereocenters. The summed E-state index contributed by atoms with van der Waals surface area (Å²) >= 11 is 3.22. The fourth-order valence-corrected chi connectivity index (χ4v) is 2.19. The van der Waals surface area contributed by atoms with Crippen molar-refractivity contribution in [3.63, 3.8) is 0 Å². The van der Waals surface area contributed by atoms with Crippen molar-refractivity contribution in [2.24, 2.45) is 0 Å². The monoisotopic (exact) mass is 331 g/mol. The maximum atomic E-state index is 13.5. The summed E-state index contributed by atoms with van der Waals surface area (Å²) in [5.41, 5.74) is 0. The van der Waals surface area contributed by atoms with Crippen molar-refractivity contribution in [2.45, 2.75) is 45.6 Å². The topological polar surface area (TPSA) is 21.3 Å². The van der Waals surface area contributed by atoms with Gasteiger partial charge >= 0.3 is 0 Å². The Hall–Kier alpha value is -0.610. The van der Waals surface area contributed by atoms with Gasteiger partial charge in [0.1, 0.15) is 6.61 Å². The molecule has 0 saturated heterocycles. The zero-order valence-electron chi connectivity index (χ0n) is 11.7. The molecule has 1 rings (SSSR count). The lowest BCUT2D eigenvalue weighted by molar-refractivity contribution is 0.290. The predicted octanol–water partition coefficient (Wildman–Crippen LogP) is 4.53. The highest BCUT2D eigenvalue weighted by Gasteiger charge is 2.04. The van der Waals surface area contributed by atoms with Gasteiger partial charge in [0, 0.05) is 17.1 Å². The molecule has 1 atom stereocenters. The van der Waals surface area contributed by atoms with Crippen LogP contribution in [0.1, 0.15) is 39.5 Å². The third-order valence-corrected chi connectivity index (χ3v) is 3.48. The SMILES string of the molecule is CCCCCC(C)NCCOc1ccc(Br)cc1F. The molecule has 0 saturated carbocycles. The van der Waals surface area contributed by atoms with Gasteiger partial charge in [-0.15, -0.1) is 0 Å². The quantitative estimate of drug-likeness (QED) is 0.671. The predicted molar refractivity (Wildman–Crippen MR) is 81.2 cm³/mol. The molecule has 4 heteroatoms. The van der Waals surface area contributed by atoms with Gasteiger partial charge in [-0.2, -0.15) is 0 Å². The molecule has 0 heterocycles. The first-order valence-corrected chi connectivity index (χ1v) is 7.74. The van der Waals surface area contributed by atoms with E-state index in [0.29, 0.717) is 18.4 Å². The van der Waals surface area contributed by atoms with Crippen LogP contribution in [0.15, 0.2) is 22.7 Å². The number of nitrogens with one attached hydrogen (secondary N) is 1. The van der Waals surface area contributed by atoms with E-state index in [4.69, 9.17) is 4.74 Å². The summed E-state index contributed by atoms with van der Waals surface area (Å²) in [7, 11) is 0. The number of hydrogen-bond donors (Lipinski definition) is 1. The molecule has 0 bridgehead atoms. The van der Waals surface area contributed by atoms with Crippen molar-refractivity contribution in [3.8, 4) is 5.75 Å². The van der Waals surface area contributed by atoms with Gasteiger partial charge in [-0.3, -0.25) is 0 Å². The first-order valence-electron chi connectivity index (χ1n) is 6.94. The van der Waals surface area contributed by atoms with E-state index in [-0.39, 0.29) is 5.82 Å². The van der Waals surface area contributed by atoms with Gasteiger partial charge in [0.25, 0.3) is 0 Å². The molecule has 0 aliphatic carbocycles. The van der Waals surface area contributed by atoms with Crippen LogP contribution in [0.4, 0.5) is 4.39 Å². The average molecular weight is 332 g/mol. The fraction of sp³-hybridized carbons (Fsp3) is 0.600. The minimum atomic E-state index is -0.328. The molecule has 2 nitrogen and oxygen atoms in total. The first kappa shape index (κ1) is 16.4. The summed E-state index contributed by atoms with van der Waals surface area (Å²) in [6.07, 6.45) is 4.97. The maximum Gasteiger partial charge on any atom is 0.166 e. The maximum absolute atomic E-state index is 13.5. The van der Waals surface area contributed by atoms with E-state index in [9.17, 15) is 4.39 Å². The Kier molecular flexibility index (Phi) is 8.07. The number of ether oxygens (including phenoxy) is 1. The van der Waals surface area contributed by atoms with Crippen LogP contribution in [0.5, 0.6) is 5.75 Å². The molecule has 108 valence electrons. The molecular formula is C15H23BrFNO. The molecule has 1 N–H and O–H groups in total. The number of benzene rings is 1. The van der Waals surface area contributed by atoms with Gasteiger partial charge in [0.15, 0.2) is 11.6 Å². The number of hydrogen-bond acceptors (Lipinski definition) is 2. The molecule has 0 spiro atoms. The van der Waals surface area contributed by atoms with Gasteiger partial charge in [0.2, 0.25) is 0 Å². The highest BCUT2D eigenvalue weighted by molar-refractivity contribution is 9.10. The lowest BCUT2D eigenvalue weighted by Gasteiger charge is -2.14. The van der Waals surface area contributed by atoms with E-state index < -0.39 is 0 Å². The lowest BCUT2D eigenvalue weighted by Crippen LogP contribution is -2.30. The van der Waals surface area contributed by atoms with Crippen LogP contribution in [0.2, 0.25) is 0 Å². The molecule has 19 heavy (non-hydrogen) atoms. The average Bonchev–Trinajstić information content (AvgIpc) is 2.37. The molecular weight excluding hydrogens is 309 g/mol. The fourth-order valence-electron chi connectivity index (χ4n) is 1.86. The molecule has 1 aromatic rings. The summed E-state index contributed by atoms with van der Waals surface area (Å²) in [5.74, 6) is -0.0194. The summed E-state index contributed by atoms with van der Waals surface area (Å²) in [4.78, 5) is 0. The summed E-state index contributed by atoms with van der Waals surface area (Å²) in [6, 6.07) is 5.32. The Balaban J connectivity index is 2.16. The van der Waals surface area contributed by atoms with Crippen LogP contribution in [0.3, 0.4) is 0 Å². The van der Waals surface area contributed by atoms with Gasteiger partial charge < -0.3 is 10.1 Å². The molecule has 0 amide bonds. The van der Waals surface area contributed by atoms with Crippen LogP contribution in [-0.4, -0.2) is 19.2 Å². The Morgan fingerprint density at radius 1 is 1.37 bits per heavy atom. The van der Waals surface area contributed by atoms with Gasteiger partial charge in [-0.05, 0) is 31.5 Å². The molecule has 0 radical (unpaired) electrons. The standard InChI is InChI=1S/C15H23BrFNO/c1-3-4-5-6-12(2)18-9-10-19-15-8-7-13(16)11-14(15)17/h7-8,11-12,18H,3-6,9-10H2,1-2H3. The van der Waals surface area contributed by atoms with Crippen LogP contribution in [-0.2, 0) is 0 Å². The molecule has 0 fully saturated rings. The molecule has 1 aromatic carbocycles. The van der Waals surface area contributed by atoms with Crippen molar-refractivity contribution >= 4 is 15.9 Å². The van der Waals surface area contributed by atoms with E-state index in [1.165, 1.54) is 31.7 Å². The van der Waals surface area contributed by atoms with Gasteiger partial charge in [-0.25, -0.2) is 4.39 Å². The molecule has 0 aliphatic heterocycles. The van der Waals surface area contributed by atoms with Crippen molar-refractivity contribution in [3.05, 3.63) is 28.5 Å². The zero-order chi connectivity index (χ0) is 14.1. The van der Waals surface area contributed by atoms with Crippen molar-refractivity contribution < 1.29 is 9.13 Å². The van der Waals surface area contributed by atoms with Crippen LogP contribution in [0.25, 0.3) is 0 Å². The summed E-state index contributed by atoms with van der Waals surface area (Å²) in [6.45, 7) is 5.61. The second-order valence-corrected chi connectivity index (χ2v) is 5.69. The Bertz CT molecular complexity index is 373. The summed E-state index contributed by atoms with van der Waals surface area (Å²) in [5, 5.41) is 3.39. The third-order valence-electron chi connectivity index (χ3n) is 2.99. The largest absolute Gasteiger partial charge is 0.489 e. The van der Waals surface area contributed by atoms with Crippen LogP contribution >= 0.6 is 15.9 Å². The Morgan fingerprint density at radius 2 is 2.16 bits per heavy atom. The van der Waals surface area contributed by atoms with E-state index in [0.717, 1.165) is 11.0 Å². The number of rotatable bonds is 9. The second-order valence-electron chi connectivity index (χ2n) is 4.77. The molecule has 0 aromatic heterocycles. The first-order chi connectivity index (χ1) is 9.13. The highest BCUT2D eigenvalue weighted by atomic mass is 79.9. The smallest absolute Gasteiger partial charge is 0.166 e. The van der Waals surface area contributed by atoms with Crippen molar-refractivity contribution in [1.29, 1.82) is 0 Å². The van der Waals surface area contributed by atoms with Gasteiger partial charge in [-0.1, -0.05) is 42.1 Å². The normalized spacial score (nSPS) is 12.4. The minimum Gasteiger partial charge on any atom is -0.489 e. The minimum absolute atomic E-state index is 0.309. The van der Waals surface area contributed by atoms with Crippen LogP contribution < -0.4 is 10.1 Å². The Labute approximate surface area is 123 Å². The number of unbranched alkanes of at least 4 members (excludes halogenated alkanes) is 2. The van der Waals surface area contributed by atoms with Crippen molar-refractivity contribution in [1.82, 2.24) is 5.32 Å². The van der Waals surface area contributed by atoms with Crippen LogP contribution in [0, 0.1) is 5.82 Å². The van der Waals surface area contributed by atoms with E-state index in [1.807, 2.05) is 0 Å². The summed E-state index contributed by atoms with van der Waals surface area (Å²) < 4.78 is 19.6. The Morgan fingerprint density at radius 3 is 2.84 bits per heavy atom. The lowest BCUT2D eigenvalue weighted by atomic mass is 10.1. The second kappa shape index (κ2) is 9.32. The zero-order valence-corrected chi connectivity index (χ0v) is 13.3. The third kappa shape index (κ3) is 6.92. The van der Waals surface area contributed by atoms with E-state index >= 15 is 0 Å². The highest BCUT2D eigenvalue weighted by Crippen LogP contribution is 2.21.